The van der Waals surface area contributed by atoms with Crippen LogP contribution in [0.2, 0.25) is 5.02 Å². The van der Waals surface area contributed by atoms with Crippen LogP contribution in [0.3, 0.4) is 0 Å². The highest BCUT2D eigenvalue weighted by Gasteiger charge is 2.21. The smallest absolute Gasteiger partial charge is 0.0908 e. The molecule has 2 aromatic rings. The lowest BCUT2D eigenvalue weighted by molar-refractivity contribution is 0.482. The molecular formula is C16H19ClN2. The van der Waals surface area contributed by atoms with Crippen molar-refractivity contribution in [3.8, 4) is 0 Å². The topological polar surface area (TPSA) is 24.9 Å². The molecule has 1 atom stereocenters. The van der Waals surface area contributed by atoms with Gasteiger partial charge >= 0.3 is 0 Å². The minimum Gasteiger partial charge on any atom is -0.382 e. The molecule has 1 aromatic heterocycles. The van der Waals surface area contributed by atoms with Crippen LogP contribution in [0.1, 0.15) is 32.6 Å². The van der Waals surface area contributed by atoms with Gasteiger partial charge < -0.3 is 5.32 Å². The molecule has 0 amide bonds. The lowest BCUT2D eigenvalue weighted by atomic mass is 9.99. The van der Waals surface area contributed by atoms with Gasteiger partial charge in [0.15, 0.2) is 0 Å². The quantitative estimate of drug-likeness (QED) is 0.863. The normalized spacial score (nSPS) is 17.8. The molecule has 1 unspecified atom stereocenters. The Morgan fingerprint density at radius 1 is 1.26 bits per heavy atom. The first-order valence-electron chi connectivity index (χ1n) is 7.05. The van der Waals surface area contributed by atoms with Gasteiger partial charge in [-0.15, -0.1) is 0 Å². The maximum atomic E-state index is 6.20. The Kier molecular flexibility index (Phi) is 3.61. The van der Waals surface area contributed by atoms with Crippen molar-refractivity contribution in [1.82, 2.24) is 4.98 Å². The fourth-order valence-corrected chi connectivity index (χ4v) is 3.30. The Bertz CT molecular complexity index is 576. The highest BCUT2D eigenvalue weighted by Crippen LogP contribution is 2.32. The van der Waals surface area contributed by atoms with Gasteiger partial charge in [0, 0.05) is 23.3 Å². The molecule has 100 valence electrons. The van der Waals surface area contributed by atoms with Crippen LogP contribution in [0, 0.1) is 5.92 Å². The van der Waals surface area contributed by atoms with Crippen LogP contribution in [0.5, 0.6) is 0 Å². The Hall–Kier alpha value is -1.28. The molecule has 3 rings (SSSR count). The van der Waals surface area contributed by atoms with Gasteiger partial charge in [-0.05, 0) is 49.9 Å². The number of hydrogen-bond donors (Lipinski definition) is 1. The van der Waals surface area contributed by atoms with E-state index in [2.05, 4.69) is 29.4 Å². The van der Waals surface area contributed by atoms with Crippen LogP contribution in [0.4, 0.5) is 5.69 Å². The monoisotopic (exact) mass is 274 g/mol. The third kappa shape index (κ3) is 2.55. The summed E-state index contributed by atoms with van der Waals surface area (Å²) in [4.78, 5) is 4.37. The maximum Gasteiger partial charge on any atom is 0.0908 e. The highest BCUT2D eigenvalue weighted by atomic mass is 35.5. The summed E-state index contributed by atoms with van der Waals surface area (Å²) in [5.41, 5.74) is 2.03. The lowest BCUT2D eigenvalue weighted by Gasteiger charge is -2.22. The van der Waals surface area contributed by atoms with Gasteiger partial charge in [-0.1, -0.05) is 24.4 Å². The van der Waals surface area contributed by atoms with E-state index in [1.807, 2.05) is 12.1 Å². The second-order valence-electron chi connectivity index (χ2n) is 5.47. The van der Waals surface area contributed by atoms with Gasteiger partial charge in [-0.3, -0.25) is 4.98 Å². The van der Waals surface area contributed by atoms with Crippen molar-refractivity contribution in [3.05, 3.63) is 35.5 Å². The van der Waals surface area contributed by atoms with E-state index >= 15 is 0 Å². The van der Waals surface area contributed by atoms with Crippen molar-refractivity contribution in [3.63, 3.8) is 0 Å². The molecule has 1 aromatic carbocycles. The van der Waals surface area contributed by atoms with Gasteiger partial charge in [0.1, 0.15) is 0 Å². The van der Waals surface area contributed by atoms with Crippen LogP contribution in [-0.2, 0) is 0 Å². The summed E-state index contributed by atoms with van der Waals surface area (Å²) in [6.45, 7) is 2.28. The molecule has 1 aliphatic carbocycles. The summed E-state index contributed by atoms with van der Waals surface area (Å²) >= 11 is 6.20. The first kappa shape index (κ1) is 12.7. The number of aromatic nitrogens is 1. The van der Waals surface area contributed by atoms with Gasteiger partial charge in [0.25, 0.3) is 0 Å². The Balaban J connectivity index is 1.90. The Labute approximate surface area is 119 Å². The Morgan fingerprint density at radius 3 is 2.84 bits per heavy atom. The van der Waals surface area contributed by atoms with E-state index in [0.29, 0.717) is 6.04 Å². The van der Waals surface area contributed by atoms with E-state index in [1.165, 1.54) is 25.7 Å². The highest BCUT2D eigenvalue weighted by molar-refractivity contribution is 6.35. The zero-order valence-corrected chi connectivity index (χ0v) is 12.0. The van der Waals surface area contributed by atoms with Crippen molar-refractivity contribution in [2.45, 2.75) is 38.6 Å². The largest absolute Gasteiger partial charge is 0.382 e. The van der Waals surface area contributed by atoms with Crippen LogP contribution in [-0.4, -0.2) is 11.0 Å². The summed E-state index contributed by atoms with van der Waals surface area (Å²) in [6, 6.07) is 8.55. The summed E-state index contributed by atoms with van der Waals surface area (Å²) < 4.78 is 0. The van der Waals surface area contributed by atoms with Crippen molar-refractivity contribution in [2.24, 2.45) is 5.92 Å². The summed E-state index contributed by atoms with van der Waals surface area (Å²) in [5, 5.41) is 5.48. The van der Waals surface area contributed by atoms with Crippen LogP contribution < -0.4 is 5.32 Å². The number of halogens is 1. The molecule has 0 saturated heterocycles. The third-order valence-electron chi connectivity index (χ3n) is 4.21. The SMILES string of the molecule is CC(Nc1ccc(Cl)c2ncccc12)C1CCCC1. The number of rotatable bonds is 3. The van der Waals surface area contributed by atoms with E-state index in [0.717, 1.165) is 27.5 Å². The van der Waals surface area contributed by atoms with E-state index in [9.17, 15) is 0 Å². The fourth-order valence-electron chi connectivity index (χ4n) is 3.08. The van der Waals surface area contributed by atoms with E-state index in [1.54, 1.807) is 6.20 Å². The number of anilines is 1. The van der Waals surface area contributed by atoms with Crippen LogP contribution >= 0.6 is 11.6 Å². The standard InChI is InChI=1S/C16H19ClN2/c1-11(12-5-2-3-6-12)19-15-9-8-14(17)16-13(15)7-4-10-18-16/h4,7-12,19H,2-3,5-6H2,1H3. The number of hydrogen-bond acceptors (Lipinski definition) is 2. The first-order chi connectivity index (χ1) is 9.25. The van der Waals surface area contributed by atoms with Crippen molar-refractivity contribution in [2.75, 3.05) is 5.32 Å². The number of benzene rings is 1. The predicted octanol–water partition coefficient (Wildman–Crippen LogP) is 4.88. The molecule has 1 heterocycles. The van der Waals surface area contributed by atoms with Crippen molar-refractivity contribution >= 4 is 28.2 Å². The summed E-state index contributed by atoms with van der Waals surface area (Å²) in [6.07, 6.45) is 7.23. The molecule has 1 saturated carbocycles. The molecule has 1 fully saturated rings. The van der Waals surface area contributed by atoms with Gasteiger partial charge in [-0.25, -0.2) is 0 Å². The minimum absolute atomic E-state index is 0.507. The minimum atomic E-state index is 0.507. The maximum absolute atomic E-state index is 6.20. The van der Waals surface area contributed by atoms with Gasteiger partial charge in [-0.2, -0.15) is 0 Å². The number of nitrogens with one attached hydrogen (secondary N) is 1. The van der Waals surface area contributed by atoms with Crippen molar-refractivity contribution in [1.29, 1.82) is 0 Å². The van der Waals surface area contributed by atoms with Crippen molar-refractivity contribution < 1.29 is 0 Å². The average Bonchev–Trinajstić information content (AvgIpc) is 2.96. The van der Waals surface area contributed by atoms with E-state index < -0.39 is 0 Å². The summed E-state index contributed by atoms with van der Waals surface area (Å²) in [5.74, 6) is 0.794. The van der Waals surface area contributed by atoms with E-state index in [4.69, 9.17) is 11.6 Å². The van der Waals surface area contributed by atoms with Crippen LogP contribution in [0.15, 0.2) is 30.5 Å². The predicted molar refractivity (Wildman–Crippen MR) is 81.8 cm³/mol. The zero-order chi connectivity index (χ0) is 13.2. The molecular weight excluding hydrogens is 256 g/mol. The molecule has 0 spiro atoms. The second-order valence-corrected chi connectivity index (χ2v) is 5.88. The molecule has 3 heteroatoms. The lowest BCUT2D eigenvalue weighted by Crippen LogP contribution is -2.23. The Morgan fingerprint density at radius 2 is 2.05 bits per heavy atom. The fraction of sp³-hybridized carbons (Fsp3) is 0.438. The molecule has 0 radical (unpaired) electrons. The molecule has 2 nitrogen and oxygen atoms in total. The first-order valence-corrected chi connectivity index (χ1v) is 7.43. The average molecular weight is 275 g/mol. The van der Waals surface area contributed by atoms with E-state index in [-0.39, 0.29) is 0 Å². The third-order valence-corrected chi connectivity index (χ3v) is 4.52. The van der Waals surface area contributed by atoms with Gasteiger partial charge in [0.05, 0.1) is 10.5 Å². The molecule has 0 bridgehead atoms. The molecule has 0 aliphatic heterocycles. The summed E-state index contributed by atoms with van der Waals surface area (Å²) in [7, 11) is 0. The van der Waals surface area contributed by atoms with Crippen LogP contribution in [0.25, 0.3) is 10.9 Å². The zero-order valence-electron chi connectivity index (χ0n) is 11.2. The molecule has 19 heavy (non-hydrogen) atoms. The molecule has 1 N–H and O–H groups in total. The number of nitrogens with zero attached hydrogens (tertiary/aromatic N) is 1. The van der Waals surface area contributed by atoms with Gasteiger partial charge in [0.2, 0.25) is 0 Å². The number of fused-ring (bicyclic) bond motifs is 1. The second kappa shape index (κ2) is 5.38. The number of pyridine rings is 1. The molecule has 1 aliphatic rings.